The molecule has 6 heteroatoms. The van der Waals surface area contributed by atoms with E-state index in [1.54, 1.807) is 43.0 Å². The molecular formula is C15H17Cl2N3O. The van der Waals surface area contributed by atoms with Crippen LogP contribution in [0.25, 0.3) is 0 Å². The van der Waals surface area contributed by atoms with Crippen LogP contribution in [0.2, 0.25) is 10.0 Å². The molecule has 0 saturated carbocycles. The fourth-order valence-electron chi connectivity index (χ4n) is 2.12. The van der Waals surface area contributed by atoms with E-state index in [1.165, 1.54) is 4.90 Å². The van der Waals surface area contributed by atoms with Crippen molar-refractivity contribution in [2.24, 2.45) is 7.05 Å². The number of benzene rings is 1. The van der Waals surface area contributed by atoms with Crippen molar-refractivity contribution in [3.05, 3.63) is 45.7 Å². The third kappa shape index (κ3) is 3.22. The summed E-state index contributed by atoms with van der Waals surface area (Å²) in [6.45, 7) is 2.05. The molecule has 4 nitrogen and oxygen atoms in total. The van der Waals surface area contributed by atoms with Gasteiger partial charge in [-0.25, -0.2) is 0 Å². The van der Waals surface area contributed by atoms with Crippen LogP contribution in [-0.4, -0.2) is 22.7 Å². The summed E-state index contributed by atoms with van der Waals surface area (Å²) in [4.78, 5) is 14.2. The maximum atomic E-state index is 12.6. The average molecular weight is 326 g/mol. The number of aryl methyl sites for hydroxylation is 2. The van der Waals surface area contributed by atoms with Crippen molar-refractivity contribution in [1.82, 2.24) is 9.78 Å². The number of hydrogen-bond donors (Lipinski definition) is 0. The minimum absolute atomic E-state index is 0.195. The zero-order chi connectivity index (χ0) is 15.6. The normalized spacial score (nSPS) is 10.7. The van der Waals surface area contributed by atoms with Gasteiger partial charge in [-0.2, -0.15) is 5.10 Å². The van der Waals surface area contributed by atoms with Gasteiger partial charge in [-0.3, -0.25) is 9.48 Å². The number of carbonyl (C=O) groups excluding carboxylic acids is 1. The summed E-state index contributed by atoms with van der Waals surface area (Å²) in [7, 11) is 3.43. The largest absolute Gasteiger partial charge is 0.310 e. The van der Waals surface area contributed by atoms with E-state index in [4.69, 9.17) is 23.2 Å². The third-order valence-corrected chi connectivity index (χ3v) is 3.91. The molecule has 0 saturated heterocycles. The molecule has 0 fully saturated rings. The molecule has 0 atom stereocenters. The summed E-state index contributed by atoms with van der Waals surface area (Å²) in [6, 6.07) is 7.07. The van der Waals surface area contributed by atoms with Gasteiger partial charge in [0.15, 0.2) is 0 Å². The SMILES string of the molecule is CCCc1nn(C)c(C(=O)N(C)c2ccc(Cl)cc2)c1Cl. The Hall–Kier alpha value is -1.52. The summed E-state index contributed by atoms with van der Waals surface area (Å²) in [5.41, 5.74) is 1.91. The molecule has 1 amide bonds. The Morgan fingerprint density at radius 2 is 1.90 bits per heavy atom. The molecule has 21 heavy (non-hydrogen) atoms. The number of halogens is 2. The first-order chi connectivity index (χ1) is 9.95. The van der Waals surface area contributed by atoms with E-state index in [-0.39, 0.29) is 5.91 Å². The first-order valence-corrected chi connectivity index (χ1v) is 7.46. The zero-order valence-corrected chi connectivity index (χ0v) is 13.7. The number of carbonyl (C=O) groups is 1. The van der Waals surface area contributed by atoms with Crippen molar-refractivity contribution in [2.45, 2.75) is 19.8 Å². The standard InChI is InChI=1S/C15H17Cl2N3O/c1-4-5-12-13(17)14(20(3)18-12)15(21)19(2)11-8-6-10(16)7-9-11/h6-9H,4-5H2,1-3H3. The van der Waals surface area contributed by atoms with Gasteiger partial charge in [-0.1, -0.05) is 36.5 Å². The Balaban J connectivity index is 2.33. The summed E-state index contributed by atoms with van der Waals surface area (Å²) in [5.74, 6) is -0.195. The number of aromatic nitrogens is 2. The highest BCUT2D eigenvalue weighted by Gasteiger charge is 2.23. The maximum absolute atomic E-state index is 12.6. The van der Waals surface area contributed by atoms with Crippen molar-refractivity contribution in [3.63, 3.8) is 0 Å². The topological polar surface area (TPSA) is 38.1 Å². The molecule has 0 bridgehead atoms. The van der Waals surface area contributed by atoms with Gasteiger partial charge in [0.1, 0.15) is 5.69 Å². The molecule has 2 rings (SSSR count). The minimum atomic E-state index is -0.195. The molecule has 1 aromatic heterocycles. The first-order valence-electron chi connectivity index (χ1n) is 6.70. The van der Waals surface area contributed by atoms with Gasteiger partial charge in [0.25, 0.3) is 5.91 Å². The number of anilines is 1. The number of hydrogen-bond acceptors (Lipinski definition) is 2. The van der Waals surface area contributed by atoms with Crippen molar-refractivity contribution in [2.75, 3.05) is 11.9 Å². The molecule has 0 aliphatic carbocycles. The lowest BCUT2D eigenvalue weighted by Gasteiger charge is -2.17. The third-order valence-electron chi connectivity index (χ3n) is 3.26. The lowest BCUT2D eigenvalue weighted by molar-refractivity contribution is 0.0984. The van der Waals surface area contributed by atoms with E-state index in [0.717, 1.165) is 24.2 Å². The molecule has 0 spiro atoms. The Bertz CT molecular complexity index is 650. The highest BCUT2D eigenvalue weighted by Crippen LogP contribution is 2.25. The lowest BCUT2D eigenvalue weighted by Crippen LogP contribution is -2.28. The van der Waals surface area contributed by atoms with Gasteiger partial charge in [0, 0.05) is 24.8 Å². The van der Waals surface area contributed by atoms with Crippen molar-refractivity contribution in [3.8, 4) is 0 Å². The van der Waals surface area contributed by atoms with Crippen molar-refractivity contribution in [1.29, 1.82) is 0 Å². The van der Waals surface area contributed by atoms with E-state index in [0.29, 0.717) is 15.7 Å². The molecule has 0 N–H and O–H groups in total. The van der Waals surface area contributed by atoms with Gasteiger partial charge in [0.2, 0.25) is 0 Å². The van der Waals surface area contributed by atoms with Gasteiger partial charge < -0.3 is 4.90 Å². The van der Waals surface area contributed by atoms with E-state index in [2.05, 4.69) is 5.10 Å². The predicted octanol–water partition coefficient (Wildman–Crippen LogP) is 3.96. The second kappa shape index (κ2) is 6.50. The van der Waals surface area contributed by atoms with Gasteiger partial charge >= 0.3 is 0 Å². The average Bonchev–Trinajstić information content (AvgIpc) is 2.73. The van der Waals surface area contributed by atoms with E-state index < -0.39 is 0 Å². The van der Waals surface area contributed by atoms with Gasteiger partial charge in [0.05, 0.1) is 10.7 Å². The summed E-state index contributed by atoms with van der Waals surface area (Å²) in [5, 5.41) is 5.39. The van der Waals surface area contributed by atoms with E-state index >= 15 is 0 Å². The summed E-state index contributed by atoms with van der Waals surface area (Å²) < 4.78 is 1.54. The molecule has 0 aliphatic rings. The number of nitrogens with zero attached hydrogens (tertiary/aromatic N) is 3. The maximum Gasteiger partial charge on any atom is 0.277 e. The van der Waals surface area contributed by atoms with Crippen LogP contribution in [0.1, 0.15) is 29.5 Å². The van der Waals surface area contributed by atoms with Crippen LogP contribution in [0.3, 0.4) is 0 Å². The Morgan fingerprint density at radius 3 is 2.48 bits per heavy atom. The fourth-order valence-corrected chi connectivity index (χ4v) is 2.58. The Labute approximate surface area is 134 Å². The van der Waals surface area contributed by atoms with Crippen LogP contribution in [-0.2, 0) is 13.5 Å². The highest BCUT2D eigenvalue weighted by atomic mass is 35.5. The molecule has 1 aromatic carbocycles. The monoisotopic (exact) mass is 325 g/mol. The van der Waals surface area contributed by atoms with Crippen molar-refractivity contribution >= 4 is 34.8 Å². The quantitative estimate of drug-likeness (QED) is 0.853. The molecule has 1 heterocycles. The smallest absolute Gasteiger partial charge is 0.277 e. The van der Waals surface area contributed by atoms with E-state index in [9.17, 15) is 4.79 Å². The number of rotatable bonds is 4. The van der Waals surface area contributed by atoms with Crippen LogP contribution in [0.5, 0.6) is 0 Å². The molecule has 0 aliphatic heterocycles. The minimum Gasteiger partial charge on any atom is -0.310 e. The van der Waals surface area contributed by atoms with Gasteiger partial charge in [-0.05, 0) is 30.7 Å². The molecule has 112 valence electrons. The molecule has 0 unspecified atom stereocenters. The summed E-state index contributed by atoms with van der Waals surface area (Å²) in [6.07, 6.45) is 1.68. The van der Waals surface area contributed by atoms with E-state index in [1.807, 2.05) is 6.92 Å². The molecule has 2 aromatic rings. The predicted molar refractivity (Wildman–Crippen MR) is 86.4 cm³/mol. The lowest BCUT2D eigenvalue weighted by atomic mass is 10.2. The second-order valence-electron chi connectivity index (χ2n) is 4.82. The van der Waals surface area contributed by atoms with Crippen LogP contribution < -0.4 is 4.90 Å². The second-order valence-corrected chi connectivity index (χ2v) is 5.64. The first kappa shape index (κ1) is 15.9. The molecular weight excluding hydrogens is 309 g/mol. The Kier molecular flexibility index (Phi) is 4.91. The van der Waals surface area contributed by atoms with Gasteiger partial charge in [-0.15, -0.1) is 0 Å². The molecule has 0 radical (unpaired) electrons. The van der Waals surface area contributed by atoms with Crippen molar-refractivity contribution < 1.29 is 4.79 Å². The zero-order valence-electron chi connectivity index (χ0n) is 12.2. The fraction of sp³-hybridized carbons (Fsp3) is 0.333. The highest BCUT2D eigenvalue weighted by molar-refractivity contribution is 6.35. The summed E-state index contributed by atoms with van der Waals surface area (Å²) >= 11 is 12.2. The van der Waals surface area contributed by atoms with Crippen LogP contribution in [0.4, 0.5) is 5.69 Å². The number of amides is 1. The Morgan fingerprint density at radius 1 is 1.29 bits per heavy atom. The van der Waals surface area contributed by atoms with Crippen LogP contribution in [0.15, 0.2) is 24.3 Å². The van der Waals surface area contributed by atoms with Crippen LogP contribution >= 0.6 is 23.2 Å². The van der Waals surface area contributed by atoms with Crippen LogP contribution in [0, 0.1) is 0 Å².